The van der Waals surface area contributed by atoms with Gasteiger partial charge in [-0.05, 0) is 31.0 Å². The molecule has 2 aromatic rings. The first-order chi connectivity index (χ1) is 11.9. The summed E-state index contributed by atoms with van der Waals surface area (Å²) in [4.78, 5) is 24.2. The second kappa shape index (κ2) is 8.01. The second-order valence-corrected chi connectivity index (χ2v) is 6.22. The van der Waals surface area contributed by atoms with Gasteiger partial charge in [0.25, 0.3) is 0 Å². The fraction of sp³-hybridized carbons (Fsp3) is 0.400. The maximum Gasteiger partial charge on any atom is 0.314 e. The van der Waals surface area contributed by atoms with Gasteiger partial charge < -0.3 is 14.6 Å². The lowest BCUT2D eigenvalue weighted by molar-refractivity contribution is -0.139. The quantitative estimate of drug-likeness (QED) is 0.619. The van der Waals surface area contributed by atoms with Gasteiger partial charge in [0.05, 0.1) is 17.2 Å². The number of phenols is 1. The molecule has 2 unspecified atom stereocenters. The molecule has 0 aliphatic rings. The van der Waals surface area contributed by atoms with Crippen LogP contribution in [0.1, 0.15) is 40.5 Å². The van der Waals surface area contributed by atoms with E-state index in [4.69, 9.17) is 9.47 Å². The van der Waals surface area contributed by atoms with Crippen LogP contribution in [0.2, 0.25) is 0 Å². The minimum atomic E-state index is -0.364. The number of carbonyl (C=O) groups is 2. The van der Waals surface area contributed by atoms with Crippen LogP contribution in [0.25, 0.3) is 10.8 Å². The normalized spacial score (nSPS) is 13.3. The third-order valence-electron chi connectivity index (χ3n) is 4.39. The lowest BCUT2D eigenvalue weighted by Gasteiger charge is -2.15. The number of hydrogen-bond donors (Lipinski definition) is 1. The molecule has 0 fully saturated rings. The first-order valence-corrected chi connectivity index (χ1v) is 8.57. The van der Waals surface area contributed by atoms with Crippen molar-refractivity contribution in [1.82, 2.24) is 0 Å². The number of esters is 2. The molecular weight excluding hydrogens is 320 g/mol. The Balaban J connectivity index is 2.45. The molecule has 5 heteroatoms. The van der Waals surface area contributed by atoms with Gasteiger partial charge >= 0.3 is 11.9 Å². The van der Waals surface area contributed by atoms with Crippen LogP contribution in [-0.4, -0.2) is 17.0 Å². The van der Waals surface area contributed by atoms with E-state index in [1.165, 1.54) is 6.07 Å². The van der Waals surface area contributed by atoms with Crippen molar-refractivity contribution < 1.29 is 24.2 Å². The van der Waals surface area contributed by atoms with E-state index < -0.39 is 0 Å². The fourth-order valence-electron chi connectivity index (χ4n) is 2.25. The monoisotopic (exact) mass is 344 g/mol. The molecule has 0 aliphatic carbocycles. The smallest absolute Gasteiger partial charge is 0.314 e. The Morgan fingerprint density at radius 3 is 2.00 bits per heavy atom. The fourth-order valence-corrected chi connectivity index (χ4v) is 2.25. The van der Waals surface area contributed by atoms with E-state index in [1.54, 1.807) is 38.1 Å². The van der Waals surface area contributed by atoms with Crippen LogP contribution in [0.3, 0.4) is 0 Å². The molecule has 2 rings (SSSR count). The Morgan fingerprint density at radius 2 is 1.44 bits per heavy atom. The van der Waals surface area contributed by atoms with Gasteiger partial charge in [-0.2, -0.15) is 0 Å². The molecule has 0 saturated heterocycles. The van der Waals surface area contributed by atoms with E-state index in [2.05, 4.69) is 0 Å². The molecule has 0 amide bonds. The molecule has 0 radical (unpaired) electrons. The molecule has 5 nitrogen and oxygen atoms in total. The van der Waals surface area contributed by atoms with Crippen molar-refractivity contribution in [3.05, 3.63) is 30.3 Å². The SMILES string of the molecule is CCC(C)C(=O)Oc1ccc(OC(=O)C(C)CC)c2c(O)cccc12. The highest BCUT2D eigenvalue weighted by atomic mass is 16.5. The summed E-state index contributed by atoms with van der Waals surface area (Å²) < 4.78 is 10.9. The number of hydrogen-bond acceptors (Lipinski definition) is 5. The zero-order valence-corrected chi connectivity index (χ0v) is 15.0. The topological polar surface area (TPSA) is 72.8 Å². The van der Waals surface area contributed by atoms with E-state index in [9.17, 15) is 14.7 Å². The summed E-state index contributed by atoms with van der Waals surface area (Å²) >= 11 is 0. The number of carbonyl (C=O) groups excluding carboxylic acids is 2. The number of rotatable bonds is 6. The first-order valence-electron chi connectivity index (χ1n) is 8.57. The van der Waals surface area contributed by atoms with Gasteiger partial charge in [-0.15, -0.1) is 0 Å². The van der Waals surface area contributed by atoms with Crippen LogP contribution in [0, 0.1) is 11.8 Å². The standard InChI is InChI=1S/C20H24O5/c1-5-12(3)19(22)24-16-10-11-17(25-20(23)13(4)6-2)18-14(16)8-7-9-15(18)21/h7-13,21H,5-6H2,1-4H3. The van der Waals surface area contributed by atoms with Crippen LogP contribution in [0.5, 0.6) is 17.2 Å². The lowest BCUT2D eigenvalue weighted by atomic mass is 10.1. The minimum Gasteiger partial charge on any atom is -0.507 e. The molecule has 0 aromatic heterocycles. The summed E-state index contributed by atoms with van der Waals surface area (Å²) in [5, 5.41) is 11.1. The summed E-state index contributed by atoms with van der Waals surface area (Å²) in [5.41, 5.74) is 0. The number of fused-ring (bicyclic) bond motifs is 1. The van der Waals surface area contributed by atoms with Gasteiger partial charge in [0.1, 0.15) is 17.2 Å². The summed E-state index contributed by atoms with van der Waals surface area (Å²) in [7, 11) is 0. The average molecular weight is 344 g/mol. The highest BCUT2D eigenvalue weighted by Gasteiger charge is 2.20. The Hall–Kier alpha value is -2.56. The van der Waals surface area contributed by atoms with Crippen LogP contribution >= 0.6 is 0 Å². The summed E-state index contributed by atoms with van der Waals surface area (Å²) in [6.45, 7) is 7.39. The molecule has 2 atom stereocenters. The molecular formula is C20H24O5. The molecule has 0 bridgehead atoms. The van der Waals surface area contributed by atoms with Gasteiger partial charge in [0, 0.05) is 5.39 Å². The molecule has 2 aromatic carbocycles. The van der Waals surface area contributed by atoms with Crippen molar-refractivity contribution in [3.63, 3.8) is 0 Å². The Kier molecular flexibility index (Phi) is 6.02. The molecule has 0 aliphatic heterocycles. The highest BCUT2D eigenvalue weighted by molar-refractivity contribution is 6.00. The summed E-state index contributed by atoms with van der Waals surface area (Å²) in [6.07, 6.45) is 1.33. The Labute approximate surface area is 147 Å². The van der Waals surface area contributed by atoms with Crippen molar-refractivity contribution in [2.45, 2.75) is 40.5 Å². The van der Waals surface area contributed by atoms with Gasteiger partial charge in [0.15, 0.2) is 0 Å². The van der Waals surface area contributed by atoms with Crippen LogP contribution in [0.15, 0.2) is 30.3 Å². The first kappa shape index (κ1) is 18.8. The highest BCUT2D eigenvalue weighted by Crippen LogP contribution is 2.39. The molecule has 0 spiro atoms. The van der Waals surface area contributed by atoms with Crippen molar-refractivity contribution >= 4 is 22.7 Å². The van der Waals surface area contributed by atoms with Gasteiger partial charge in [-0.3, -0.25) is 9.59 Å². The van der Waals surface area contributed by atoms with E-state index in [-0.39, 0.29) is 35.3 Å². The van der Waals surface area contributed by atoms with E-state index in [1.807, 2.05) is 13.8 Å². The minimum absolute atomic E-state index is 0.0362. The maximum absolute atomic E-state index is 12.1. The van der Waals surface area contributed by atoms with Crippen molar-refractivity contribution in [2.24, 2.45) is 11.8 Å². The molecule has 25 heavy (non-hydrogen) atoms. The van der Waals surface area contributed by atoms with Crippen LogP contribution in [0.4, 0.5) is 0 Å². The Bertz CT molecular complexity index is 781. The second-order valence-electron chi connectivity index (χ2n) is 6.22. The third-order valence-corrected chi connectivity index (χ3v) is 4.39. The number of aromatic hydroxyl groups is 1. The zero-order chi connectivity index (χ0) is 18.6. The van der Waals surface area contributed by atoms with Gasteiger partial charge in [-0.1, -0.05) is 39.8 Å². The summed E-state index contributed by atoms with van der Waals surface area (Å²) in [5.74, 6) is -0.626. The average Bonchev–Trinajstić information content (AvgIpc) is 2.61. The van der Waals surface area contributed by atoms with Gasteiger partial charge in [-0.25, -0.2) is 0 Å². The number of ether oxygens (including phenoxy) is 2. The van der Waals surface area contributed by atoms with Gasteiger partial charge in [0.2, 0.25) is 0 Å². The molecule has 0 heterocycles. The maximum atomic E-state index is 12.1. The van der Waals surface area contributed by atoms with E-state index in [0.29, 0.717) is 29.4 Å². The molecule has 0 saturated carbocycles. The zero-order valence-electron chi connectivity index (χ0n) is 15.0. The van der Waals surface area contributed by atoms with Crippen molar-refractivity contribution in [3.8, 4) is 17.2 Å². The van der Waals surface area contributed by atoms with E-state index in [0.717, 1.165) is 0 Å². The summed E-state index contributed by atoms with van der Waals surface area (Å²) in [6, 6.07) is 8.00. The predicted octanol–water partition coefficient (Wildman–Crippen LogP) is 4.45. The van der Waals surface area contributed by atoms with E-state index >= 15 is 0 Å². The van der Waals surface area contributed by atoms with Crippen molar-refractivity contribution in [2.75, 3.05) is 0 Å². The van der Waals surface area contributed by atoms with Crippen LogP contribution in [-0.2, 0) is 9.59 Å². The number of benzene rings is 2. The molecule has 134 valence electrons. The number of phenolic OH excluding ortho intramolecular Hbond substituents is 1. The largest absolute Gasteiger partial charge is 0.507 e. The molecule has 1 N–H and O–H groups in total. The predicted molar refractivity (Wildman–Crippen MR) is 95.8 cm³/mol. The lowest BCUT2D eigenvalue weighted by Crippen LogP contribution is -2.18. The van der Waals surface area contributed by atoms with Crippen molar-refractivity contribution in [1.29, 1.82) is 0 Å². The third kappa shape index (κ3) is 4.10. The Morgan fingerprint density at radius 1 is 0.920 bits per heavy atom. The van der Waals surface area contributed by atoms with Crippen LogP contribution < -0.4 is 9.47 Å².